The van der Waals surface area contributed by atoms with Crippen molar-refractivity contribution < 1.29 is 5.11 Å². The molecule has 2 aromatic carbocycles. The topological polar surface area (TPSA) is 35.5 Å². The number of nitrogens with zero attached hydrogens (tertiary/aromatic N) is 1. The van der Waals surface area contributed by atoms with E-state index >= 15 is 0 Å². The van der Waals surface area contributed by atoms with Crippen LogP contribution in [0.5, 0.6) is 0 Å². The van der Waals surface area contributed by atoms with Crippen molar-refractivity contribution in [3.63, 3.8) is 0 Å². The average molecular weight is 335 g/mol. The van der Waals surface area contributed by atoms with E-state index in [9.17, 15) is 5.11 Å². The predicted molar refractivity (Wildman–Crippen MR) is 99.2 cm³/mol. The third-order valence-electron chi connectivity index (χ3n) is 4.78. The van der Waals surface area contributed by atoms with Crippen LogP contribution in [-0.2, 0) is 0 Å². The van der Waals surface area contributed by atoms with Crippen molar-refractivity contribution in [3.8, 4) is 0 Å². The van der Waals surface area contributed by atoms with Crippen LogP contribution < -0.4 is 5.32 Å². The molecule has 0 amide bonds. The van der Waals surface area contributed by atoms with E-state index < -0.39 is 0 Å². The Kier molecular flexibility index (Phi) is 6.04. The molecule has 4 heteroatoms. The van der Waals surface area contributed by atoms with Crippen LogP contribution in [0.2, 0.25) is 0 Å². The maximum absolute atomic E-state index is 9.99. The highest BCUT2D eigenvalue weighted by Gasteiger charge is 2.36. The summed E-state index contributed by atoms with van der Waals surface area (Å²) in [7, 11) is 0. The molecule has 0 aliphatic carbocycles. The van der Waals surface area contributed by atoms with E-state index in [1.807, 2.05) is 0 Å². The molecule has 23 heavy (non-hydrogen) atoms. The lowest BCUT2D eigenvalue weighted by Crippen LogP contribution is -2.49. The minimum Gasteiger partial charge on any atom is -0.396 e. The molecule has 1 saturated heterocycles. The third kappa shape index (κ3) is 3.69. The second-order valence-electron chi connectivity index (χ2n) is 6.90. The van der Waals surface area contributed by atoms with E-state index in [-0.39, 0.29) is 30.5 Å². The Morgan fingerprint density at radius 3 is 2.43 bits per heavy atom. The molecule has 0 aromatic heterocycles. The largest absolute Gasteiger partial charge is 0.396 e. The van der Waals surface area contributed by atoms with Crippen LogP contribution in [0.3, 0.4) is 0 Å². The van der Waals surface area contributed by atoms with E-state index in [0.29, 0.717) is 0 Å². The molecule has 0 saturated carbocycles. The van der Waals surface area contributed by atoms with Crippen molar-refractivity contribution in [1.29, 1.82) is 0 Å². The van der Waals surface area contributed by atoms with E-state index in [4.69, 9.17) is 0 Å². The fourth-order valence-corrected chi connectivity index (χ4v) is 3.63. The van der Waals surface area contributed by atoms with Gasteiger partial charge in [-0.05, 0) is 16.3 Å². The lowest BCUT2D eigenvalue weighted by Gasteiger charge is -2.44. The first kappa shape index (κ1) is 18.2. The van der Waals surface area contributed by atoms with Gasteiger partial charge >= 0.3 is 0 Å². The van der Waals surface area contributed by atoms with E-state index in [0.717, 1.165) is 26.2 Å². The quantitative estimate of drug-likeness (QED) is 0.901. The van der Waals surface area contributed by atoms with Crippen molar-refractivity contribution in [2.45, 2.75) is 19.9 Å². The molecule has 126 valence electrons. The third-order valence-corrected chi connectivity index (χ3v) is 4.78. The second kappa shape index (κ2) is 7.63. The normalized spacial score (nSPS) is 17.7. The number of halogens is 1. The maximum atomic E-state index is 9.99. The number of fused-ring (bicyclic) bond motifs is 1. The summed E-state index contributed by atoms with van der Waals surface area (Å²) in [6.45, 7) is 8.61. The van der Waals surface area contributed by atoms with Crippen LogP contribution in [0.15, 0.2) is 42.5 Å². The monoisotopic (exact) mass is 334 g/mol. The molecule has 1 fully saturated rings. The van der Waals surface area contributed by atoms with Crippen LogP contribution in [0.1, 0.15) is 25.5 Å². The molecule has 0 radical (unpaired) electrons. The fourth-order valence-electron chi connectivity index (χ4n) is 3.63. The molecule has 0 spiro atoms. The van der Waals surface area contributed by atoms with E-state index in [1.54, 1.807) is 0 Å². The summed E-state index contributed by atoms with van der Waals surface area (Å²) in [5.41, 5.74) is 1.15. The summed E-state index contributed by atoms with van der Waals surface area (Å²) < 4.78 is 0. The molecule has 1 aliphatic heterocycles. The van der Waals surface area contributed by atoms with E-state index in [1.165, 1.54) is 16.3 Å². The summed E-state index contributed by atoms with van der Waals surface area (Å²) in [6, 6.07) is 15.3. The smallest absolute Gasteiger partial charge is 0.0500 e. The van der Waals surface area contributed by atoms with Crippen molar-refractivity contribution in [2.24, 2.45) is 5.41 Å². The summed E-state index contributed by atoms with van der Waals surface area (Å²) >= 11 is 0. The molecule has 1 aliphatic rings. The molecule has 0 unspecified atom stereocenters. The average Bonchev–Trinajstić information content (AvgIpc) is 2.56. The summed E-state index contributed by atoms with van der Waals surface area (Å²) in [5.74, 6) is 0. The highest BCUT2D eigenvalue weighted by Crippen LogP contribution is 2.41. The van der Waals surface area contributed by atoms with Gasteiger partial charge in [-0.25, -0.2) is 0 Å². The SMILES string of the molecule is CC(C)(CO)[C@H](c1cccc2ccccc12)N1CCNCC1.Cl. The first-order valence-corrected chi connectivity index (χ1v) is 8.17. The van der Waals surface area contributed by atoms with Crippen LogP contribution in [0, 0.1) is 5.41 Å². The maximum Gasteiger partial charge on any atom is 0.0500 e. The van der Waals surface area contributed by atoms with Gasteiger partial charge in [-0.15, -0.1) is 12.4 Å². The molecule has 3 rings (SSSR count). The fraction of sp³-hybridized carbons (Fsp3) is 0.474. The van der Waals surface area contributed by atoms with Gasteiger partial charge in [0.1, 0.15) is 0 Å². The predicted octanol–water partition coefficient (Wildman–Crippen LogP) is 3.23. The van der Waals surface area contributed by atoms with Gasteiger partial charge in [-0.1, -0.05) is 56.3 Å². The number of nitrogens with one attached hydrogen (secondary N) is 1. The molecule has 1 heterocycles. The standard InChI is InChI=1S/C19H26N2O.ClH/c1-19(2,14-22)18(21-12-10-20-11-13-21)17-9-5-7-15-6-3-4-8-16(15)17;/h3-9,18,20,22H,10-14H2,1-2H3;1H/t18-;/m0./s1. The molecule has 1 atom stereocenters. The molecule has 2 aromatic rings. The molecular formula is C19H27ClN2O. The summed E-state index contributed by atoms with van der Waals surface area (Å²) in [6.07, 6.45) is 0. The van der Waals surface area contributed by atoms with Crippen molar-refractivity contribution in [2.75, 3.05) is 32.8 Å². The Morgan fingerprint density at radius 2 is 1.74 bits per heavy atom. The number of hydrogen-bond acceptors (Lipinski definition) is 3. The van der Waals surface area contributed by atoms with Gasteiger partial charge in [0.25, 0.3) is 0 Å². The first-order valence-electron chi connectivity index (χ1n) is 8.17. The zero-order valence-corrected chi connectivity index (χ0v) is 14.8. The summed E-state index contributed by atoms with van der Waals surface area (Å²) in [4.78, 5) is 2.52. The van der Waals surface area contributed by atoms with Gasteiger partial charge in [0.05, 0.1) is 0 Å². The number of hydrogen-bond donors (Lipinski definition) is 2. The molecule has 3 nitrogen and oxygen atoms in total. The zero-order valence-electron chi connectivity index (χ0n) is 14.0. The van der Waals surface area contributed by atoms with Crippen molar-refractivity contribution >= 4 is 23.2 Å². The van der Waals surface area contributed by atoms with Gasteiger partial charge in [0.15, 0.2) is 0 Å². The lowest BCUT2D eigenvalue weighted by atomic mass is 9.78. The number of aliphatic hydroxyl groups excluding tert-OH is 1. The minimum atomic E-state index is -0.179. The Bertz CT molecular complexity index is 633. The Balaban J connectivity index is 0.00000192. The number of benzene rings is 2. The van der Waals surface area contributed by atoms with Crippen LogP contribution in [0.4, 0.5) is 0 Å². The molecular weight excluding hydrogens is 308 g/mol. The van der Waals surface area contributed by atoms with Crippen molar-refractivity contribution in [1.82, 2.24) is 10.2 Å². The van der Waals surface area contributed by atoms with E-state index in [2.05, 4.69) is 66.5 Å². The van der Waals surface area contributed by atoms with Crippen LogP contribution >= 0.6 is 12.4 Å². The minimum absolute atomic E-state index is 0. The number of rotatable bonds is 4. The number of aliphatic hydroxyl groups is 1. The highest BCUT2D eigenvalue weighted by molar-refractivity contribution is 5.86. The van der Waals surface area contributed by atoms with Gasteiger partial charge in [-0.3, -0.25) is 4.90 Å². The Morgan fingerprint density at radius 1 is 1.09 bits per heavy atom. The zero-order chi connectivity index (χ0) is 15.6. The van der Waals surface area contributed by atoms with Gasteiger partial charge in [-0.2, -0.15) is 0 Å². The molecule has 2 N–H and O–H groups in total. The summed E-state index contributed by atoms with van der Waals surface area (Å²) in [5, 5.41) is 16.0. The van der Waals surface area contributed by atoms with Gasteiger partial charge in [0.2, 0.25) is 0 Å². The van der Waals surface area contributed by atoms with Gasteiger partial charge in [0, 0.05) is 44.2 Å². The van der Waals surface area contributed by atoms with Crippen LogP contribution in [0.25, 0.3) is 10.8 Å². The number of piperazine rings is 1. The first-order chi connectivity index (χ1) is 10.6. The lowest BCUT2D eigenvalue weighted by molar-refractivity contribution is 0.0313. The Hall–Kier alpha value is -1.13. The van der Waals surface area contributed by atoms with Gasteiger partial charge < -0.3 is 10.4 Å². The van der Waals surface area contributed by atoms with Crippen LogP contribution in [-0.4, -0.2) is 42.8 Å². The highest BCUT2D eigenvalue weighted by atomic mass is 35.5. The van der Waals surface area contributed by atoms with Crippen molar-refractivity contribution in [3.05, 3.63) is 48.0 Å². The second-order valence-corrected chi connectivity index (χ2v) is 6.90. The Labute approximate surface area is 145 Å². The molecule has 0 bridgehead atoms.